The molecule has 0 saturated carbocycles. The summed E-state index contributed by atoms with van der Waals surface area (Å²) in [5, 5.41) is 12.0. The van der Waals surface area contributed by atoms with Crippen LogP contribution in [0.4, 0.5) is 0 Å². The molecule has 0 spiro atoms. The molecule has 3 unspecified atom stereocenters. The SMILES string of the molecule is O=C(O)CC1CC(C2CCOC2)CCN1. The number of nitrogens with one attached hydrogen (secondary N) is 1. The molecule has 2 rings (SSSR count). The van der Waals surface area contributed by atoms with Crippen LogP contribution in [0.5, 0.6) is 0 Å². The molecule has 2 N–H and O–H groups in total. The molecule has 0 amide bonds. The van der Waals surface area contributed by atoms with Gasteiger partial charge in [-0.05, 0) is 37.6 Å². The molecule has 0 aliphatic carbocycles. The second kappa shape index (κ2) is 4.94. The predicted molar refractivity (Wildman–Crippen MR) is 55.7 cm³/mol. The Kier molecular flexibility index (Phi) is 3.59. The minimum absolute atomic E-state index is 0.168. The first-order valence-corrected chi connectivity index (χ1v) is 5.78. The van der Waals surface area contributed by atoms with E-state index in [0.717, 1.165) is 32.6 Å². The summed E-state index contributed by atoms with van der Waals surface area (Å²) >= 11 is 0. The van der Waals surface area contributed by atoms with Gasteiger partial charge in [-0.3, -0.25) is 4.79 Å². The lowest BCUT2D eigenvalue weighted by atomic mass is 9.81. The van der Waals surface area contributed by atoms with E-state index >= 15 is 0 Å². The molecule has 2 aliphatic heterocycles. The highest BCUT2D eigenvalue weighted by Gasteiger charge is 2.31. The van der Waals surface area contributed by atoms with E-state index in [-0.39, 0.29) is 12.5 Å². The molecule has 0 aromatic heterocycles. The zero-order valence-electron chi connectivity index (χ0n) is 8.95. The lowest BCUT2D eigenvalue weighted by Crippen LogP contribution is -2.41. The summed E-state index contributed by atoms with van der Waals surface area (Å²) < 4.78 is 5.39. The molecule has 4 heteroatoms. The van der Waals surface area contributed by atoms with Crippen molar-refractivity contribution in [1.82, 2.24) is 5.32 Å². The van der Waals surface area contributed by atoms with Gasteiger partial charge in [0.1, 0.15) is 0 Å². The van der Waals surface area contributed by atoms with Crippen LogP contribution in [0.15, 0.2) is 0 Å². The molecule has 0 aromatic rings. The van der Waals surface area contributed by atoms with Crippen LogP contribution in [0.1, 0.15) is 25.7 Å². The van der Waals surface area contributed by atoms with Crippen molar-refractivity contribution in [3.8, 4) is 0 Å². The molecule has 0 bridgehead atoms. The summed E-state index contributed by atoms with van der Waals surface area (Å²) in [7, 11) is 0. The van der Waals surface area contributed by atoms with Gasteiger partial charge in [-0.2, -0.15) is 0 Å². The van der Waals surface area contributed by atoms with E-state index in [1.165, 1.54) is 6.42 Å². The maximum atomic E-state index is 10.6. The minimum Gasteiger partial charge on any atom is -0.481 e. The third-order valence-corrected chi connectivity index (χ3v) is 3.59. The summed E-state index contributed by atoms with van der Waals surface area (Å²) in [4.78, 5) is 10.6. The number of carboxylic acids is 1. The number of aliphatic carboxylic acids is 1. The highest BCUT2D eigenvalue weighted by Crippen LogP contribution is 2.31. The summed E-state index contributed by atoms with van der Waals surface area (Å²) in [5.74, 6) is 0.636. The van der Waals surface area contributed by atoms with E-state index in [2.05, 4.69) is 5.32 Å². The Morgan fingerprint density at radius 1 is 1.40 bits per heavy atom. The fourth-order valence-corrected chi connectivity index (χ4v) is 2.76. The number of carboxylic acid groups (broad SMARTS) is 1. The van der Waals surface area contributed by atoms with Crippen LogP contribution in [0.25, 0.3) is 0 Å². The topological polar surface area (TPSA) is 58.6 Å². The van der Waals surface area contributed by atoms with Gasteiger partial charge in [0.05, 0.1) is 6.42 Å². The first kappa shape index (κ1) is 10.9. The van der Waals surface area contributed by atoms with Crippen LogP contribution >= 0.6 is 0 Å². The Balaban J connectivity index is 1.83. The first-order valence-electron chi connectivity index (χ1n) is 5.78. The molecule has 0 radical (unpaired) electrons. The van der Waals surface area contributed by atoms with E-state index in [1.54, 1.807) is 0 Å². The molecule has 2 saturated heterocycles. The molecule has 4 nitrogen and oxygen atoms in total. The van der Waals surface area contributed by atoms with E-state index in [4.69, 9.17) is 9.84 Å². The highest BCUT2D eigenvalue weighted by atomic mass is 16.5. The van der Waals surface area contributed by atoms with Crippen molar-refractivity contribution < 1.29 is 14.6 Å². The van der Waals surface area contributed by atoms with Crippen LogP contribution in [-0.4, -0.2) is 36.9 Å². The van der Waals surface area contributed by atoms with E-state index < -0.39 is 5.97 Å². The van der Waals surface area contributed by atoms with Crippen LogP contribution in [0.2, 0.25) is 0 Å². The lowest BCUT2D eigenvalue weighted by molar-refractivity contribution is -0.137. The average Bonchev–Trinajstić information content (AvgIpc) is 2.69. The Morgan fingerprint density at radius 2 is 2.27 bits per heavy atom. The summed E-state index contributed by atoms with van der Waals surface area (Å²) in [6.45, 7) is 2.72. The largest absolute Gasteiger partial charge is 0.481 e. The summed E-state index contributed by atoms with van der Waals surface area (Å²) in [5.41, 5.74) is 0. The molecule has 3 atom stereocenters. The van der Waals surface area contributed by atoms with Crippen molar-refractivity contribution in [1.29, 1.82) is 0 Å². The van der Waals surface area contributed by atoms with E-state index in [1.807, 2.05) is 0 Å². The van der Waals surface area contributed by atoms with Gasteiger partial charge >= 0.3 is 5.97 Å². The van der Waals surface area contributed by atoms with Crippen molar-refractivity contribution in [3.63, 3.8) is 0 Å². The van der Waals surface area contributed by atoms with Gasteiger partial charge in [0.15, 0.2) is 0 Å². The van der Waals surface area contributed by atoms with Gasteiger partial charge in [0.2, 0.25) is 0 Å². The predicted octanol–water partition coefficient (Wildman–Crippen LogP) is 0.866. The minimum atomic E-state index is -0.698. The van der Waals surface area contributed by atoms with Gasteiger partial charge in [0, 0.05) is 19.3 Å². The third kappa shape index (κ3) is 2.92. The van der Waals surface area contributed by atoms with Gasteiger partial charge in [0.25, 0.3) is 0 Å². The van der Waals surface area contributed by atoms with Gasteiger partial charge < -0.3 is 15.2 Å². The Hall–Kier alpha value is -0.610. The Morgan fingerprint density at radius 3 is 2.93 bits per heavy atom. The summed E-state index contributed by atoms with van der Waals surface area (Å²) in [6.07, 6.45) is 3.58. The number of hydrogen-bond donors (Lipinski definition) is 2. The second-order valence-electron chi connectivity index (χ2n) is 4.66. The normalized spacial score (nSPS) is 36.7. The van der Waals surface area contributed by atoms with E-state index in [9.17, 15) is 4.79 Å². The monoisotopic (exact) mass is 213 g/mol. The zero-order chi connectivity index (χ0) is 10.7. The van der Waals surface area contributed by atoms with Crippen molar-refractivity contribution >= 4 is 5.97 Å². The second-order valence-corrected chi connectivity index (χ2v) is 4.66. The number of piperidine rings is 1. The van der Waals surface area contributed by atoms with Crippen LogP contribution in [0.3, 0.4) is 0 Å². The van der Waals surface area contributed by atoms with Gasteiger partial charge in [-0.25, -0.2) is 0 Å². The molecule has 2 aliphatic rings. The van der Waals surface area contributed by atoms with Gasteiger partial charge in [-0.15, -0.1) is 0 Å². The lowest BCUT2D eigenvalue weighted by Gasteiger charge is -2.32. The van der Waals surface area contributed by atoms with Gasteiger partial charge in [-0.1, -0.05) is 0 Å². The fraction of sp³-hybridized carbons (Fsp3) is 0.909. The maximum absolute atomic E-state index is 10.6. The zero-order valence-corrected chi connectivity index (χ0v) is 8.95. The number of ether oxygens (including phenoxy) is 1. The molecular weight excluding hydrogens is 194 g/mol. The Labute approximate surface area is 90.0 Å². The third-order valence-electron chi connectivity index (χ3n) is 3.59. The maximum Gasteiger partial charge on any atom is 0.304 e. The molecule has 15 heavy (non-hydrogen) atoms. The van der Waals surface area contributed by atoms with Crippen molar-refractivity contribution in [2.75, 3.05) is 19.8 Å². The molecule has 86 valence electrons. The number of hydrogen-bond acceptors (Lipinski definition) is 3. The van der Waals surface area contributed by atoms with Crippen molar-refractivity contribution in [2.24, 2.45) is 11.8 Å². The van der Waals surface area contributed by atoms with E-state index in [0.29, 0.717) is 11.8 Å². The van der Waals surface area contributed by atoms with Crippen LogP contribution in [-0.2, 0) is 9.53 Å². The first-order chi connectivity index (χ1) is 7.25. The number of rotatable bonds is 3. The smallest absolute Gasteiger partial charge is 0.304 e. The fourth-order valence-electron chi connectivity index (χ4n) is 2.76. The average molecular weight is 213 g/mol. The van der Waals surface area contributed by atoms with Crippen LogP contribution < -0.4 is 5.32 Å². The van der Waals surface area contributed by atoms with Crippen molar-refractivity contribution in [3.05, 3.63) is 0 Å². The summed E-state index contributed by atoms with van der Waals surface area (Å²) in [6, 6.07) is 0.168. The molecular formula is C11H19NO3. The molecule has 0 aromatic carbocycles. The number of carbonyl (C=O) groups is 1. The van der Waals surface area contributed by atoms with Crippen molar-refractivity contribution in [2.45, 2.75) is 31.7 Å². The quantitative estimate of drug-likeness (QED) is 0.730. The van der Waals surface area contributed by atoms with Crippen LogP contribution in [0, 0.1) is 11.8 Å². The standard InChI is InChI=1S/C11H19NO3/c13-11(14)6-10-5-8(1-3-12-10)9-2-4-15-7-9/h8-10,12H,1-7H2,(H,13,14). The molecule has 2 heterocycles. The highest BCUT2D eigenvalue weighted by molar-refractivity contribution is 5.67. The molecule has 2 fully saturated rings. The Bertz CT molecular complexity index is 226.